The molecule has 146 valence electrons. The molecule has 0 bridgehead atoms. The van der Waals surface area contributed by atoms with E-state index in [9.17, 15) is 4.79 Å². The molecule has 1 atom stereocenters. The highest BCUT2D eigenvalue weighted by molar-refractivity contribution is 7.80. The number of aryl methyl sites for hydroxylation is 1. The van der Waals surface area contributed by atoms with E-state index >= 15 is 0 Å². The molecule has 3 rings (SSSR count). The van der Waals surface area contributed by atoms with Gasteiger partial charge >= 0.3 is 0 Å². The van der Waals surface area contributed by atoms with Crippen LogP contribution in [-0.2, 0) is 4.79 Å². The molecule has 2 aromatic carbocycles. The highest BCUT2D eigenvalue weighted by atomic mass is 32.1. The Kier molecular flexibility index (Phi) is 5.84. The van der Waals surface area contributed by atoms with Crippen LogP contribution in [0.15, 0.2) is 53.7 Å². The minimum Gasteiger partial charge on any atom is -0.497 e. The van der Waals surface area contributed by atoms with E-state index in [4.69, 9.17) is 21.7 Å². The van der Waals surface area contributed by atoms with Gasteiger partial charge in [-0.15, -0.1) is 0 Å². The van der Waals surface area contributed by atoms with Crippen LogP contribution in [0.1, 0.15) is 24.1 Å². The molecule has 0 unspecified atom stereocenters. The second-order valence-electron chi connectivity index (χ2n) is 6.50. The van der Waals surface area contributed by atoms with Crippen LogP contribution >= 0.6 is 12.2 Å². The predicted octanol–water partition coefficient (Wildman–Crippen LogP) is 3.44. The van der Waals surface area contributed by atoms with Crippen molar-refractivity contribution in [1.29, 1.82) is 0 Å². The molecule has 7 heteroatoms. The van der Waals surface area contributed by atoms with E-state index in [1.807, 2.05) is 50.2 Å². The van der Waals surface area contributed by atoms with Crippen molar-refractivity contribution in [2.24, 2.45) is 0 Å². The first-order chi connectivity index (χ1) is 13.4. The van der Waals surface area contributed by atoms with Crippen LogP contribution in [0.4, 0.5) is 5.69 Å². The third kappa shape index (κ3) is 4.09. The van der Waals surface area contributed by atoms with Gasteiger partial charge in [0.1, 0.15) is 11.5 Å². The number of rotatable bonds is 5. The van der Waals surface area contributed by atoms with Crippen LogP contribution in [0.5, 0.6) is 11.5 Å². The molecule has 0 saturated carbocycles. The van der Waals surface area contributed by atoms with Gasteiger partial charge in [-0.05, 0) is 50.3 Å². The van der Waals surface area contributed by atoms with Gasteiger partial charge in [0.05, 0.1) is 25.8 Å². The average Bonchev–Trinajstić information content (AvgIpc) is 2.68. The monoisotopic (exact) mass is 397 g/mol. The van der Waals surface area contributed by atoms with E-state index in [-0.39, 0.29) is 5.91 Å². The molecule has 0 aliphatic carbocycles. The number of benzene rings is 2. The molecule has 2 aromatic rings. The molecule has 1 amide bonds. The number of ether oxygens (including phenoxy) is 2. The fourth-order valence-corrected chi connectivity index (χ4v) is 3.39. The summed E-state index contributed by atoms with van der Waals surface area (Å²) in [6, 6.07) is 12.7. The number of hydrogen-bond donors (Lipinski definition) is 3. The van der Waals surface area contributed by atoms with Crippen molar-refractivity contribution in [1.82, 2.24) is 10.6 Å². The largest absolute Gasteiger partial charge is 0.497 e. The highest BCUT2D eigenvalue weighted by Crippen LogP contribution is 2.35. The standard InChI is InChI=1S/C21H23N3O3S/c1-12-5-7-14(8-6-12)23-20(25)18-13(2)22-21(28)24-19(18)16-10-9-15(26-3)11-17(16)27-4/h5-11,19H,1-4H3,(H,23,25)(H2,22,24,28)/t19-/m1/s1. The first kappa shape index (κ1) is 19.7. The van der Waals surface area contributed by atoms with Crippen molar-refractivity contribution >= 4 is 28.9 Å². The molecule has 1 heterocycles. The summed E-state index contributed by atoms with van der Waals surface area (Å²) in [5.41, 5.74) is 3.87. The summed E-state index contributed by atoms with van der Waals surface area (Å²) in [6.07, 6.45) is 0. The zero-order chi connectivity index (χ0) is 20.3. The molecule has 0 fully saturated rings. The van der Waals surface area contributed by atoms with Crippen LogP contribution in [0.2, 0.25) is 0 Å². The van der Waals surface area contributed by atoms with Gasteiger partial charge in [0, 0.05) is 23.0 Å². The molecule has 0 spiro atoms. The fourth-order valence-electron chi connectivity index (χ4n) is 3.12. The fraction of sp³-hybridized carbons (Fsp3) is 0.238. The summed E-state index contributed by atoms with van der Waals surface area (Å²) in [5.74, 6) is 1.06. The maximum absolute atomic E-state index is 13.1. The molecule has 1 aliphatic heterocycles. The van der Waals surface area contributed by atoms with Gasteiger partial charge in [0.25, 0.3) is 5.91 Å². The molecule has 3 N–H and O–H groups in total. The lowest BCUT2D eigenvalue weighted by molar-refractivity contribution is -0.113. The van der Waals surface area contributed by atoms with Crippen LogP contribution < -0.4 is 25.4 Å². The smallest absolute Gasteiger partial charge is 0.255 e. The van der Waals surface area contributed by atoms with Crippen LogP contribution in [-0.4, -0.2) is 25.2 Å². The van der Waals surface area contributed by atoms with E-state index in [1.165, 1.54) is 0 Å². The number of methoxy groups -OCH3 is 2. The van der Waals surface area contributed by atoms with Crippen molar-refractivity contribution in [2.45, 2.75) is 19.9 Å². The van der Waals surface area contributed by atoms with Crippen LogP contribution in [0.25, 0.3) is 0 Å². The number of hydrogen-bond acceptors (Lipinski definition) is 4. The van der Waals surface area contributed by atoms with E-state index in [0.29, 0.717) is 27.9 Å². The summed E-state index contributed by atoms with van der Waals surface area (Å²) in [6.45, 7) is 3.83. The van der Waals surface area contributed by atoms with Crippen LogP contribution in [0, 0.1) is 6.92 Å². The Morgan fingerprint density at radius 1 is 1.07 bits per heavy atom. The average molecular weight is 398 g/mol. The molecular weight excluding hydrogens is 374 g/mol. The number of carbonyl (C=O) groups excluding carboxylic acids is 1. The molecule has 28 heavy (non-hydrogen) atoms. The first-order valence-electron chi connectivity index (χ1n) is 8.81. The lowest BCUT2D eigenvalue weighted by Crippen LogP contribution is -2.45. The van der Waals surface area contributed by atoms with Gasteiger partial charge in [-0.25, -0.2) is 0 Å². The zero-order valence-electron chi connectivity index (χ0n) is 16.3. The van der Waals surface area contributed by atoms with Crippen molar-refractivity contribution < 1.29 is 14.3 Å². The normalized spacial score (nSPS) is 16.1. The summed E-state index contributed by atoms with van der Waals surface area (Å²) >= 11 is 5.32. The minimum atomic E-state index is -0.458. The predicted molar refractivity (Wildman–Crippen MR) is 114 cm³/mol. The third-order valence-corrected chi connectivity index (χ3v) is 4.79. The number of allylic oxidation sites excluding steroid dienone is 1. The van der Waals surface area contributed by atoms with Crippen molar-refractivity contribution in [3.63, 3.8) is 0 Å². The summed E-state index contributed by atoms with van der Waals surface area (Å²) in [7, 11) is 3.18. The Morgan fingerprint density at radius 2 is 1.79 bits per heavy atom. The lowest BCUT2D eigenvalue weighted by Gasteiger charge is -2.31. The van der Waals surface area contributed by atoms with Gasteiger partial charge in [-0.2, -0.15) is 0 Å². The second-order valence-corrected chi connectivity index (χ2v) is 6.91. The molecule has 1 aliphatic rings. The third-order valence-electron chi connectivity index (χ3n) is 4.57. The highest BCUT2D eigenvalue weighted by Gasteiger charge is 2.32. The Bertz CT molecular complexity index is 938. The summed E-state index contributed by atoms with van der Waals surface area (Å²) in [5, 5.41) is 9.63. The number of amides is 1. The number of thiocarbonyl (C=S) groups is 1. The number of anilines is 1. The Morgan fingerprint density at radius 3 is 2.43 bits per heavy atom. The molecule has 0 aromatic heterocycles. The van der Waals surface area contributed by atoms with Crippen molar-refractivity contribution in [2.75, 3.05) is 19.5 Å². The summed E-state index contributed by atoms with van der Waals surface area (Å²) < 4.78 is 10.8. The molecule has 6 nitrogen and oxygen atoms in total. The molecule has 0 saturated heterocycles. The van der Waals surface area contributed by atoms with Gasteiger partial charge in [0.2, 0.25) is 0 Å². The van der Waals surface area contributed by atoms with Gasteiger partial charge in [-0.1, -0.05) is 17.7 Å². The maximum Gasteiger partial charge on any atom is 0.255 e. The Hall–Kier alpha value is -3.06. The Balaban J connectivity index is 1.99. The lowest BCUT2D eigenvalue weighted by atomic mass is 9.94. The van der Waals surface area contributed by atoms with Crippen molar-refractivity contribution in [3.8, 4) is 11.5 Å². The van der Waals surface area contributed by atoms with Crippen molar-refractivity contribution in [3.05, 3.63) is 64.9 Å². The van der Waals surface area contributed by atoms with E-state index in [0.717, 1.165) is 16.8 Å². The quantitative estimate of drug-likeness (QED) is 0.672. The SMILES string of the molecule is COc1ccc([C@H]2NC(=S)NC(C)=C2C(=O)Nc2ccc(C)cc2)c(OC)c1. The minimum absolute atomic E-state index is 0.216. The Labute approximate surface area is 169 Å². The van der Waals surface area contributed by atoms with Crippen LogP contribution in [0.3, 0.4) is 0 Å². The number of carbonyl (C=O) groups is 1. The van der Waals surface area contributed by atoms with Gasteiger partial charge in [0.15, 0.2) is 5.11 Å². The van der Waals surface area contributed by atoms with E-state index in [1.54, 1.807) is 20.3 Å². The van der Waals surface area contributed by atoms with Gasteiger partial charge in [-0.3, -0.25) is 4.79 Å². The number of nitrogens with one attached hydrogen (secondary N) is 3. The summed E-state index contributed by atoms with van der Waals surface area (Å²) in [4.78, 5) is 13.1. The second kappa shape index (κ2) is 8.31. The van der Waals surface area contributed by atoms with E-state index in [2.05, 4.69) is 16.0 Å². The molecular formula is C21H23N3O3S. The maximum atomic E-state index is 13.1. The first-order valence-corrected chi connectivity index (χ1v) is 9.22. The molecule has 0 radical (unpaired) electrons. The zero-order valence-corrected chi connectivity index (χ0v) is 17.1. The van der Waals surface area contributed by atoms with E-state index < -0.39 is 6.04 Å². The van der Waals surface area contributed by atoms with Gasteiger partial charge < -0.3 is 25.4 Å². The topological polar surface area (TPSA) is 71.6 Å².